The van der Waals surface area contributed by atoms with Crippen LogP contribution in [0.15, 0.2) is 0 Å². The van der Waals surface area contributed by atoms with Crippen molar-refractivity contribution >= 4 is 11.7 Å². The number of Topliss-reactive ketones (excluding diaryl/α,β-unsaturated/α-hetero) is 1. The van der Waals surface area contributed by atoms with Crippen molar-refractivity contribution in [3.05, 3.63) is 0 Å². The first-order chi connectivity index (χ1) is 6.70. The zero-order chi connectivity index (χ0) is 12.2. The molecule has 0 aromatic heterocycles. The summed E-state index contributed by atoms with van der Waals surface area (Å²) in [6.45, 7) is 11.3. The van der Waals surface area contributed by atoms with Gasteiger partial charge in [-0.15, -0.1) is 0 Å². The van der Waals surface area contributed by atoms with Gasteiger partial charge in [0.15, 0.2) is 5.78 Å². The Hall–Kier alpha value is -0.860. The Morgan fingerprint density at radius 3 is 1.93 bits per heavy atom. The molecule has 3 nitrogen and oxygen atoms in total. The third-order valence-corrected chi connectivity index (χ3v) is 2.33. The molecule has 0 saturated heterocycles. The van der Waals surface area contributed by atoms with E-state index in [0.29, 0.717) is 6.42 Å². The van der Waals surface area contributed by atoms with Crippen molar-refractivity contribution in [2.45, 2.75) is 54.0 Å². The first kappa shape index (κ1) is 14.1. The van der Waals surface area contributed by atoms with Crippen LogP contribution in [0.3, 0.4) is 0 Å². The molecule has 1 N–H and O–H groups in total. The lowest BCUT2D eigenvalue weighted by Gasteiger charge is -2.27. The zero-order valence-electron chi connectivity index (χ0n) is 10.7. The highest BCUT2D eigenvalue weighted by Gasteiger charge is 2.32. The van der Waals surface area contributed by atoms with Crippen LogP contribution in [0.1, 0.15) is 48.0 Å². The molecular formula is C12H23NO2. The van der Waals surface area contributed by atoms with Crippen molar-refractivity contribution in [1.29, 1.82) is 0 Å². The third kappa shape index (κ3) is 4.45. The molecule has 0 spiro atoms. The largest absolute Gasteiger partial charge is 0.346 e. The van der Waals surface area contributed by atoms with Crippen LogP contribution in [0.4, 0.5) is 0 Å². The molecule has 0 bridgehead atoms. The van der Waals surface area contributed by atoms with Crippen LogP contribution in [0.5, 0.6) is 0 Å². The lowest BCUT2D eigenvalue weighted by molar-refractivity contribution is -0.133. The van der Waals surface area contributed by atoms with Gasteiger partial charge in [0.1, 0.15) is 0 Å². The smallest absolute Gasteiger partial charge is 0.220 e. The normalized spacial score (nSPS) is 13.8. The Labute approximate surface area is 92.6 Å². The van der Waals surface area contributed by atoms with Crippen molar-refractivity contribution in [1.82, 2.24) is 5.32 Å². The molecule has 0 aliphatic carbocycles. The van der Waals surface area contributed by atoms with Gasteiger partial charge in [-0.25, -0.2) is 0 Å². The van der Waals surface area contributed by atoms with Crippen LogP contribution in [-0.4, -0.2) is 17.7 Å². The maximum Gasteiger partial charge on any atom is 0.220 e. The Morgan fingerprint density at radius 1 is 1.20 bits per heavy atom. The molecule has 3 heteroatoms. The summed E-state index contributed by atoms with van der Waals surface area (Å²) >= 11 is 0. The standard InChI is InChI=1S/C12H23NO2/c1-7-9(14)13-10(8(2)3)11(15)12(4,5)6/h8,10H,7H2,1-6H3,(H,13,14)/t10-/m0/s1. The number of carbonyl (C=O) groups excluding carboxylic acids is 2. The SMILES string of the molecule is CCC(=O)N[C@H](C(=O)C(C)(C)C)C(C)C. The summed E-state index contributed by atoms with van der Waals surface area (Å²) in [7, 11) is 0. The molecule has 0 unspecified atom stereocenters. The summed E-state index contributed by atoms with van der Waals surface area (Å²) in [6, 6.07) is -0.363. The first-order valence-electron chi connectivity index (χ1n) is 5.53. The summed E-state index contributed by atoms with van der Waals surface area (Å²) in [4.78, 5) is 23.3. The molecule has 0 saturated carbocycles. The number of hydrogen-bond donors (Lipinski definition) is 1. The number of hydrogen-bond acceptors (Lipinski definition) is 2. The van der Waals surface area contributed by atoms with E-state index in [1.807, 2.05) is 34.6 Å². The van der Waals surface area contributed by atoms with E-state index in [1.165, 1.54) is 0 Å². The van der Waals surface area contributed by atoms with Crippen LogP contribution < -0.4 is 5.32 Å². The summed E-state index contributed by atoms with van der Waals surface area (Å²) in [5.74, 6) is 0.165. The molecule has 1 amide bonds. The van der Waals surface area contributed by atoms with E-state index in [4.69, 9.17) is 0 Å². The van der Waals surface area contributed by atoms with Gasteiger partial charge in [-0.3, -0.25) is 9.59 Å². The minimum atomic E-state index is -0.407. The van der Waals surface area contributed by atoms with Crippen LogP contribution >= 0.6 is 0 Å². The fourth-order valence-corrected chi connectivity index (χ4v) is 1.28. The Morgan fingerprint density at radius 2 is 1.67 bits per heavy atom. The van der Waals surface area contributed by atoms with Crippen LogP contribution in [-0.2, 0) is 9.59 Å². The molecule has 0 radical (unpaired) electrons. The predicted octanol–water partition coefficient (Wildman–Crippen LogP) is 2.15. The minimum Gasteiger partial charge on any atom is -0.346 e. The highest BCUT2D eigenvalue weighted by molar-refractivity contribution is 5.92. The first-order valence-corrected chi connectivity index (χ1v) is 5.53. The number of amides is 1. The fourth-order valence-electron chi connectivity index (χ4n) is 1.28. The molecule has 0 heterocycles. The van der Waals surface area contributed by atoms with Crippen molar-refractivity contribution in [2.24, 2.45) is 11.3 Å². The highest BCUT2D eigenvalue weighted by atomic mass is 16.2. The lowest BCUT2D eigenvalue weighted by atomic mass is 9.82. The number of rotatable bonds is 4. The van der Waals surface area contributed by atoms with E-state index < -0.39 is 5.41 Å². The lowest BCUT2D eigenvalue weighted by Crippen LogP contribution is -2.48. The molecule has 0 aromatic carbocycles. The zero-order valence-corrected chi connectivity index (χ0v) is 10.7. The van der Waals surface area contributed by atoms with Crippen molar-refractivity contribution in [3.8, 4) is 0 Å². The topological polar surface area (TPSA) is 46.2 Å². The molecule has 0 aromatic rings. The van der Waals surface area contributed by atoms with Crippen molar-refractivity contribution in [3.63, 3.8) is 0 Å². The second kappa shape index (κ2) is 5.29. The second-order valence-corrected chi connectivity index (χ2v) is 5.26. The maximum absolute atomic E-state index is 12.0. The molecule has 0 rings (SSSR count). The summed E-state index contributed by atoms with van der Waals surface area (Å²) < 4.78 is 0. The van der Waals surface area contributed by atoms with Gasteiger partial charge in [-0.05, 0) is 5.92 Å². The Kier molecular flexibility index (Phi) is 4.98. The second-order valence-electron chi connectivity index (χ2n) is 5.26. The van der Waals surface area contributed by atoms with Gasteiger partial charge in [-0.1, -0.05) is 41.5 Å². The molecule has 88 valence electrons. The van der Waals surface area contributed by atoms with Crippen LogP contribution in [0.2, 0.25) is 0 Å². The van der Waals surface area contributed by atoms with Gasteiger partial charge in [-0.2, -0.15) is 0 Å². The molecule has 1 atom stereocenters. The van der Waals surface area contributed by atoms with Crippen LogP contribution in [0.25, 0.3) is 0 Å². The number of ketones is 1. The third-order valence-electron chi connectivity index (χ3n) is 2.33. The summed E-state index contributed by atoms with van der Waals surface area (Å²) in [5, 5.41) is 2.78. The fraction of sp³-hybridized carbons (Fsp3) is 0.833. The van der Waals surface area contributed by atoms with Gasteiger partial charge in [0.2, 0.25) is 5.91 Å². The quantitative estimate of drug-likeness (QED) is 0.777. The summed E-state index contributed by atoms with van der Waals surface area (Å²) in [5.41, 5.74) is -0.407. The van der Waals surface area contributed by atoms with E-state index in [-0.39, 0.29) is 23.7 Å². The molecule has 0 aliphatic heterocycles. The molecular weight excluding hydrogens is 190 g/mol. The Bertz CT molecular complexity index is 238. The van der Waals surface area contributed by atoms with E-state index in [1.54, 1.807) is 6.92 Å². The average molecular weight is 213 g/mol. The number of carbonyl (C=O) groups is 2. The van der Waals surface area contributed by atoms with Crippen LogP contribution in [0, 0.1) is 11.3 Å². The van der Waals surface area contributed by atoms with Crippen molar-refractivity contribution < 1.29 is 9.59 Å². The van der Waals surface area contributed by atoms with E-state index in [2.05, 4.69) is 5.32 Å². The van der Waals surface area contributed by atoms with Gasteiger partial charge in [0.25, 0.3) is 0 Å². The Balaban J connectivity index is 4.68. The van der Waals surface area contributed by atoms with Gasteiger partial charge in [0.05, 0.1) is 6.04 Å². The average Bonchev–Trinajstić information content (AvgIpc) is 2.10. The monoisotopic (exact) mass is 213 g/mol. The molecule has 0 aliphatic rings. The predicted molar refractivity (Wildman–Crippen MR) is 61.5 cm³/mol. The van der Waals surface area contributed by atoms with E-state index in [0.717, 1.165) is 0 Å². The highest BCUT2D eigenvalue weighted by Crippen LogP contribution is 2.20. The summed E-state index contributed by atoms with van der Waals surface area (Å²) in [6.07, 6.45) is 0.417. The molecule has 15 heavy (non-hydrogen) atoms. The maximum atomic E-state index is 12.0. The van der Waals surface area contributed by atoms with E-state index in [9.17, 15) is 9.59 Å². The number of nitrogens with one attached hydrogen (secondary N) is 1. The van der Waals surface area contributed by atoms with E-state index >= 15 is 0 Å². The van der Waals surface area contributed by atoms with Crippen molar-refractivity contribution in [2.75, 3.05) is 0 Å². The van der Waals surface area contributed by atoms with Gasteiger partial charge in [0, 0.05) is 11.8 Å². The minimum absolute atomic E-state index is 0.0636. The van der Waals surface area contributed by atoms with Gasteiger partial charge < -0.3 is 5.32 Å². The molecule has 0 fully saturated rings. The van der Waals surface area contributed by atoms with Gasteiger partial charge >= 0.3 is 0 Å².